The minimum atomic E-state index is -2.39. The maximum absolute atomic E-state index is 15.3. The zero-order valence-electron chi connectivity index (χ0n) is 48.5. The van der Waals surface area contributed by atoms with Crippen LogP contribution in [0.3, 0.4) is 0 Å². The number of hydrogen-bond acceptors (Lipinski definition) is 14. The van der Waals surface area contributed by atoms with Gasteiger partial charge in [-0.05, 0) is 176 Å². The van der Waals surface area contributed by atoms with E-state index in [-0.39, 0.29) is 102 Å². The molecule has 10 aliphatic carbocycles. The average Bonchev–Trinajstić information content (AvgIpc) is 0.818. The second kappa shape index (κ2) is 21.9. The van der Waals surface area contributed by atoms with Crippen LogP contribution >= 0.6 is 0 Å². The van der Waals surface area contributed by atoms with E-state index in [9.17, 15) is 35.7 Å². The van der Waals surface area contributed by atoms with Crippen molar-refractivity contribution >= 4 is 18.0 Å². The van der Waals surface area contributed by atoms with Crippen LogP contribution in [0.2, 0.25) is 0 Å². The number of nitrogens with one attached hydrogen (secondary N) is 1. The van der Waals surface area contributed by atoms with Gasteiger partial charge in [0.1, 0.15) is 12.2 Å². The Balaban J connectivity index is 0.888. The van der Waals surface area contributed by atoms with Gasteiger partial charge in [0, 0.05) is 54.4 Å². The van der Waals surface area contributed by atoms with Crippen molar-refractivity contribution in [3.63, 3.8) is 0 Å². The molecular formula is C68H87NO13. The van der Waals surface area contributed by atoms with Crippen LogP contribution in [0.15, 0.2) is 102 Å². The fourth-order valence-corrected chi connectivity index (χ4v) is 19.1. The first-order valence-corrected chi connectivity index (χ1v) is 30.7. The first-order valence-electron chi connectivity index (χ1n) is 30.7. The van der Waals surface area contributed by atoms with Gasteiger partial charge < -0.3 is 60.0 Å². The summed E-state index contributed by atoms with van der Waals surface area (Å²) in [4.78, 5) is 30.5. The Hall–Kier alpha value is -4.90. The molecule has 2 aromatic carbocycles. The molecule has 8 N–H and O–H groups in total. The Labute approximate surface area is 483 Å². The maximum atomic E-state index is 15.3. The first-order chi connectivity index (χ1) is 39.3. The highest BCUT2D eigenvalue weighted by atomic mass is 16.7. The van der Waals surface area contributed by atoms with E-state index in [0.29, 0.717) is 54.9 Å². The number of ether oxygens (including phenoxy) is 4. The highest BCUT2D eigenvalue weighted by Crippen LogP contribution is 2.80. The molecule has 2 aromatic rings. The zero-order valence-corrected chi connectivity index (χ0v) is 48.5. The van der Waals surface area contributed by atoms with Gasteiger partial charge in [0.2, 0.25) is 5.79 Å². The first kappa shape index (κ1) is 57.5. The molecule has 14 rings (SSSR count). The minimum absolute atomic E-state index is 0.00212. The maximum Gasteiger partial charge on any atom is 0.334 e. The number of aromatic hydroxyl groups is 1. The van der Waals surface area contributed by atoms with E-state index in [1.807, 2.05) is 18.2 Å². The Bertz CT molecular complexity index is 2980. The number of hydrogen-bond donors (Lipinski definition) is 8. The number of aliphatic hydroxyl groups is 6. The topological polar surface area (TPSA) is 225 Å². The van der Waals surface area contributed by atoms with E-state index in [0.717, 1.165) is 42.4 Å². The van der Waals surface area contributed by atoms with Crippen LogP contribution in [-0.4, -0.2) is 123 Å². The second-order valence-electron chi connectivity index (χ2n) is 27.3. The fraction of sp³-hybridized carbons (Fsp3) is 0.618. The summed E-state index contributed by atoms with van der Waals surface area (Å²) in [7, 11) is 1.42. The fourth-order valence-electron chi connectivity index (χ4n) is 19.1. The third-order valence-corrected chi connectivity index (χ3v) is 22.1. The van der Waals surface area contributed by atoms with E-state index in [4.69, 9.17) is 18.9 Å². The summed E-state index contributed by atoms with van der Waals surface area (Å²) >= 11 is 0. The van der Waals surface area contributed by atoms with Crippen molar-refractivity contribution in [1.29, 1.82) is 0 Å². The summed E-state index contributed by atoms with van der Waals surface area (Å²) < 4.78 is 24.7. The second-order valence-corrected chi connectivity index (χ2v) is 27.3. The number of methoxy groups -OCH3 is 1. The van der Waals surface area contributed by atoms with Crippen molar-refractivity contribution in [2.75, 3.05) is 26.9 Å². The van der Waals surface area contributed by atoms with Gasteiger partial charge in [0.05, 0.1) is 25.4 Å². The Morgan fingerprint density at radius 2 is 1.76 bits per heavy atom. The number of allylic oxidation sites excluding steroid dienone is 6. The molecular weight excluding hydrogens is 1040 g/mol. The van der Waals surface area contributed by atoms with Crippen LogP contribution in [0.4, 0.5) is 0 Å². The third kappa shape index (κ3) is 9.34. The van der Waals surface area contributed by atoms with Crippen molar-refractivity contribution in [3.8, 4) is 11.5 Å². The van der Waals surface area contributed by atoms with Gasteiger partial charge in [-0.1, -0.05) is 106 Å². The molecule has 0 amide bonds. The van der Waals surface area contributed by atoms with Crippen molar-refractivity contribution in [1.82, 2.24) is 5.32 Å². The number of aliphatic hydroxyl groups excluding tert-OH is 5. The smallest absolute Gasteiger partial charge is 0.334 e. The quantitative estimate of drug-likeness (QED) is 0.0405. The number of carbonyl (C=O) groups excluding carboxylic acids is 2. The number of esters is 2. The van der Waals surface area contributed by atoms with Crippen LogP contribution < -0.4 is 10.1 Å². The molecule has 12 aliphatic rings. The average molecular weight is 1130 g/mol. The highest BCUT2D eigenvalue weighted by molar-refractivity contribution is 5.94. The van der Waals surface area contributed by atoms with Crippen molar-refractivity contribution in [2.45, 2.75) is 153 Å². The van der Waals surface area contributed by atoms with Crippen molar-refractivity contribution in [2.24, 2.45) is 81.3 Å². The van der Waals surface area contributed by atoms with Crippen LogP contribution in [-0.2, 0) is 36.6 Å². The number of fused-ring (bicyclic) bond motifs is 4. The molecule has 0 radical (unpaired) electrons. The molecule has 10 bridgehead atoms. The Kier molecular flexibility index (Phi) is 15.3. The number of rotatable bonds is 18. The van der Waals surface area contributed by atoms with Gasteiger partial charge in [-0.25, -0.2) is 4.79 Å². The summed E-state index contributed by atoms with van der Waals surface area (Å²) in [6, 6.07) is 9.96. The SMILES string of the molecule is COc1cc(/C=C(\C[C@H]2c3cc(CCO)ccc3CC[C@@H]2CO)C(=O)O[C@@H]2[C@H](OC(=O)CC[C@H]3[C@H]4C=C[C@@]56C[C@@]78C=C[C@@H](C[C@H](C)[C@H]7[C@H]7C=C[C@@]35[C@@H](C(CC(C)C)=C[C@H]6[C@@H]4C)[C@H]7O)C8)[C@@H](O)[C@H]3O[C@]2(O)C=C[C@H]3NC[C@H](C)O)ccc1O. The lowest BCUT2D eigenvalue weighted by molar-refractivity contribution is -0.333. The molecule has 22 atom stereocenters. The lowest BCUT2D eigenvalue weighted by Crippen LogP contribution is -2.72. The Morgan fingerprint density at radius 1 is 0.951 bits per heavy atom. The normalized spacial score (nSPS) is 41.8. The van der Waals surface area contributed by atoms with E-state index < -0.39 is 71.7 Å². The molecule has 3 spiro atoms. The monoisotopic (exact) mass is 1130 g/mol. The summed E-state index contributed by atoms with van der Waals surface area (Å²) in [5.41, 5.74) is 3.99. The lowest BCUT2D eigenvalue weighted by atomic mass is 9.28. The summed E-state index contributed by atoms with van der Waals surface area (Å²) in [5.74, 6) is -2.43. The van der Waals surface area contributed by atoms with Gasteiger partial charge in [0.15, 0.2) is 23.7 Å². The van der Waals surface area contributed by atoms with E-state index in [2.05, 4.69) is 75.5 Å². The number of phenols is 1. The molecule has 14 nitrogen and oxygen atoms in total. The van der Waals surface area contributed by atoms with Crippen molar-refractivity contribution in [3.05, 3.63) is 124 Å². The number of aryl methyl sites for hydroxylation is 1. The van der Waals surface area contributed by atoms with Crippen molar-refractivity contribution < 1.29 is 64.3 Å². The lowest BCUT2D eigenvalue weighted by Gasteiger charge is -2.75. The van der Waals surface area contributed by atoms with Gasteiger partial charge >= 0.3 is 11.9 Å². The molecule has 82 heavy (non-hydrogen) atoms. The number of phenolic OH excluding ortho intramolecular Hbond substituents is 1. The molecule has 442 valence electrons. The molecule has 2 aliphatic heterocycles. The van der Waals surface area contributed by atoms with E-state index in [1.165, 1.54) is 24.8 Å². The van der Waals surface area contributed by atoms with Gasteiger partial charge in [-0.3, -0.25) is 4.79 Å². The van der Waals surface area contributed by atoms with E-state index in [1.54, 1.807) is 31.2 Å². The predicted molar refractivity (Wildman–Crippen MR) is 308 cm³/mol. The minimum Gasteiger partial charge on any atom is -0.504 e. The van der Waals surface area contributed by atoms with Crippen LogP contribution in [0.25, 0.3) is 6.08 Å². The Morgan fingerprint density at radius 3 is 2.51 bits per heavy atom. The molecule has 0 unspecified atom stereocenters. The van der Waals surface area contributed by atoms with Gasteiger partial charge in [-0.15, -0.1) is 0 Å². The van der Waals surface area contributed by atoms with Crippen LogP contribution in [0.5, 0.6) is 11.5 Å². The van der Waals surface area contributed by atoms with Crippen LogP contribution in [0, 0.1) is 81.3 Å². The standard InChI is InChI=1S/C68H87NO13/c1-36(2)25-45-31-52-39(5)47-16-21-66(52)35-65-20-15-42(32-65)26-37(3)57(65)48-17-22-67(66,58(45)59(48)75)51(47)12-14-56(74)80-62-60(76)61-53(69-33-38(4)72)18-23-68(78,82-61)63(62)81-64(77)46(27-41-8-13-54(73)55(29-41)79-6)30-50-44(34-71)11-10-43-9-7-40(19-24-70)28-49(43)50/h7-9,13,15-18,20-23,27-29,31,36-39,42,44,47-48,50-53,57-63,69-73,75-76,78H,10-12,14,19,24-26,30,32-35H2,1-6H3/b46-27+/t37-,38-,39+,42-,44+,47-,48+,50+,51-,52-,53+,57-,58-,59-,60-,61-,62+,63+,65-,66-,67-,68+/m0/s1. The van der Waals surface area contributed by atoms with Gasteiger partial charge in [-0.2, -0.15) is 0 Å². The predicted octanol–water partition coefficient (Wildman–Crippen LogP) is 7.82. The molecule has 3 saturated carbocycles. The van der Waals surface area contributed by atoms with Crippen LogP contribution in [0.1, 0.15) is 114 Å². The summed E-state index contributed by atoms with van der Waals surface area (Å²) in [5, 5.41) is 83.3. The molecule has 1 saturated heterocycles. The summed E-state index contributed by atoms with van der Waals surface area (Å²) in [6.07, 6.45) is 20.8. The molecule has 4 fully saturated rings. The zero-order chi connectivity index (χ0) is 57.8. The largest absolute Gasteiger partial charge is 0.504 e. The molecule has 0 aromatic heterocycles. The van der Waals surface area contributed by atoms with E-state index >= 15 is 9.59 Å². The van der Waals surface area contributed by atoms with Gasteiger partial charge in [0.25, 0.3) is 0 Å². The highest BCUT2D eigenvalue weighted by Gasteiger charge is 2.75. The number of carbonyl (C=O) groups is 2. The number of benzene rings is 2. The molecule has 2 heterocycles. The molecule has 14 heteroatoms. The third-order valence-electron chi connectivity index (χ3n) is 22.1. The summed E-state index contributed by atoms with van der Waals surface area (Å²) in [6.45, 7) is 10.8.